The van der Waals surface area contributed by atoms with Crippen molar-refractivity contribution in [2.24, 2.45) is 0 Å². The van der Waals surface area contributed by atoms with Gasteiger partial charge in [0.25, 0.3) is 0 Å². The molecule has 15 heavy (non-hydrogen) atoms. The molecule has 4 heteroatoms. The summed E-state index contributed by atoms with van der Waals surface area (Å²) in [6.07, 6.45) is 0. The molecule has 2 rings (SSSR count). The van der Waals surface area contributed by atoms with Gasteiger partial charge in [-0.1, -0.05) is 12.1 Å². The number of hydrogen-bond donors (Lipinski definition) is 0. The van der Waals surface area contributed by atoms with Crippen molar-refractivity contribution in [3.63, 3.8) is 0 Å². The van der Waals surface area contributed by atoms with Crippen molar-refractivity contribution in [2.45, 2.75) is 10.6 Å². The van der Waals surface area contributed by atoms with Gasteiger partial charge in [-0.2, -0.15) is 11.3 Å². The largest absolute Gasteiger partial charge is 0.254 e. The lowest BCUT2D eigenvalue weighted by Crippen LogP contribution is -1.97. The molecule has 0 spiro atoms. The number of hydrogen-bond acceptors (Lipinski definition) is 2. The van der Waals surface area contributed by atoms with Gasteiger partial charge >= 0.3 is 0 Å². The zero-order chi connectivity index (χ0) is 10.7. The zero-order valence-electron chi connectivity index (χ0n) is 7.85. The summed E-state index contributed by atoms with van der Waals surface area (Å²) < 4.78 is 25.1. The van der Waals surface area contributed by atoms with Crippen LogP contribution in [0.15, 0.2) is 46.0 Å². The molecule has 0 bridgehead atoms. The Morgan fingerprint density at radius 3 is 2.73 bits per heavy atom. The van der Waals surface area contributed by atoms with Gasteiger partial charge < -0.3 is 0 Å². The molecule has 0 N–H and O–H groups in total. The summed E-state index contributed by atoms with van der Waals surface area (Å²) in [5.41, 5.74) is 0.988. The van der Waals surface area contributed by atoms with Crippen LogP contribution in [0.1, 0.15) is 5.56 Å². The van der Waals surface area contributed by atoms with Gasteiger partial charge in [-0.15, -0.1) is 0 Å². The second-order valence-electron chi connectivity index (χ2n) is 3.05. The molecule has 1 heterocycles. The standard InChI is InChI=1S/C11H9FOS2/c12-10-3-1-2-4-11(10)15(13)8-9-5-6-14-7-9/h1-7H,8H2. The average molecular weight is 240 g/mol. The van der Waals surface area contributed by atoms with E-state index < -0.39 is 16.6 Å². The first-order valence-electron chi connectivity index (χ1n) is 4.41. The van der Waals surface area contributed by atoms with E-state index in [9.17, 15) is 8.60 Å². The lowest BCUT2D eigenvalue weighted by atomic mass is 10.3. The number of rotatable bonds is 3. The molecule has 0 fully saturated rings. The van der Waals surface area contributed by atoms with Gasteiger partial charge in [-0.3, -0.25) is 4.21 Å². The fourth-order valence-corrected chi connectivity index (χ4v) is 3.16. The van der Waals surface area contributed by atoms with Gasteiger partial charge in [0.15, 0.2) is 0 Å². The first kappa shape index (κ1) is 10.5. The van der Waals surface area contributed by atoms with Crippen molar-refractivity contribution in [1.82, 2.24) is 0 Å². The Kier molecular flexibility index (Phi) is 3.28. The maximum atomic E-state index is 13.3. The van der Waals surface area contributed by atoms with Crippen molar-refractivity contribution in [3.8, 4) is 0 Å². The Balaban J connectivity index is 2.19. The Bertz CT molecular complexity index is 465. The minimum atomic E-state index is -1.29. The summed E-state index contributed by atoms with van der Waals surface area (Å²) in [6.45, 7) is 0. The zero-order valence-corrected chi connectivity index (χ0v) is 9.48. The van der Waals surface area contributed by atoms with E-state index in [4.69, 9.17) is 0 Å². The van der Waals surface area contributed by atoms with Crippen LogP contribution in [0.4, 0.5) is 4.39 Å². The van der Waals surface area contributed by atoms with Crippen LogP contribution < -0.4 is 0 Å². The van der Waals surface area contributed by atoms with E-state index >= 15 is 0 Å². The molecular weight excluding hydrogens is 231 g/mol. The Labute approximate surface area is 94.0 Å². The lowest BCUT2D eigenvalue weighted by Gasteiger charge is -2.01. The molecule has 2 aromatic rings. The Morgan fingerprint density at radius 2 is 2.07 bits per heavy atom. The summed E-state index contributed by atoms with van der Waals surface area (Å²) >= 11 is 1.55. The highest BCUT2D eigenvalue weighted by Crippen LogP contribution is 2.16. The summed E-state index contributed by atoms with van der Waals surface area (Å²) in [5.74, 6) is -0.0178. The van der Waals surface area contributed by atoms with Crippen LogP contribution in [0.3, 0.4) is 0 Å². The molecule has 0 saturated carbocycles. The maximum absolute atomic E-state index is 13.3. The first-order chi connectivity index (χ1) is 7.27. The fraction of sp³-hybridized carbons (Fsp3) is 0.0909. The Hall–Kier alpha value is -1.00. The van der Waals surface area contributed by atoms with Gasteiger partial charge in [0.2, 0.25) is 0 Å². The van der Waals surface area contributed by atoms with E-state index in [-0.39, 0.29) is 4.90 Å². The molecule has 1 aromatic carbocycles. The summed E-state index contributed by atoms with van der Waals surface area (Å²) in [7, 11) is -1.29. The molecule has 0 aliphatic heterocycles. The van der Waals surface area contributed by atoms with Crippen LogP contribution in [0.25, 0.3) is 0 Å². The van der Waals surface area contributed by atoms with Crippen molar-refractivity contribution < 1.29 is 8.60 Å². The van der Waals surface area contributed by atoms with E-state index in [0.717, 1.165) is 5.56 Å². The average Bonchev–Trinajstić information content (AvgIpc) is 2.71. The van der Waals surface area contributed by atoms with Crippen LogP contribution in [0, 0.1) is 5.82 Å². The normalized spacial score (nSPS) is 12.6. The van der Waals surface area contributed by atoms with E-state index in [1.807, 2.05) is 16.8 Å². The van der Waals surface area contributed by atoms with Crippen LogP contribution in [0.2, 0.25) is 0 Å². The molecule has 1 unspecified atom stereocenters. The molecule has 0 amide bonds. The maximum Gasteiger partial charge on any atom is 0.139 e. The number of halogens is 1. The van der Waals surface area contributed by atoms with Crippen LogP contribution in [0.5, 0.6) is 0 Å². The van der Waals surface area contributed by atoms with Crippen molar-refractivity contribution in [1.29, 1.82) is 0 Å². The summed E-state index contributed by atoms with van der Waals surface area (Å²) in [4.78, 5) is 0.281. The molecular formula is C11H9FOS2. The smallest absolute Gasteiger partial charge is 0.139 e. The highest BCUT2D eigenvalue weighted by Gasteiger charge is 2.09. The molecule has 0 aliphatic carbocycles. The van der Waals surface area contributed by atoms with E-state index in [2.05, 4.69) is 0 Å². The molecule has 78 valence electrons. The molecule has 0 saturated heterocycles. The summed E-state index contributed by atoms with van der Waals surface area (Å²) in [5, 5.41) is 3.85. The predicted molar refractivity (Wildman–Crippen MR) is 60.8 cm³/mol. The van der Waals surface area contributed by atoms with Crippen molar-refractivity contribution in [2.75, 3.05) is 0 Å². The topological polar surface area (TPSA) is 17.1 Å². The van der Waals surface area contributed by atoms with E-state index in [1.54, 1.807) is 29.5 Å². The minimum absolute atomic E-state index is 0.281. The van der Waals surface area contributed by atoms with Gasteiger partial charge in [0.1, 0.15) is 5.82 Å². The third-order valence-corrected chi connectivity index (χ3v) is 4.11. The quantitative estimate of drug-likeness (QED) is 0.805. The van der Waals surface area contributed by atoms with Gasteiger partial charge in [-0.25, -0.2) is 4.39 Å². The van der Waals surface area contributed by atoms with Crippen LogP contribution in [-0.4, -0.2) is 4.21 Å². The summed E-state index contributed by atoms with van der Waals surface area (Å²) in [6, 6.07) is 8.10. The second kappa shape index (κ2) is 4.68. The molecule has 0 radical (unpaired) electrons. The Morgan fingerprint density at radius 1 is 1.27 bits per heavy atom. The van der Waals surface area contributed by atoms with Crippen LogP contribution >= 0.6 is 11.3 Å². The third kappa shape index (κ3) is 2.52. The van der Waals surface area contributed by atoms with Crippen LogP contribution in [-0.2, 0) is 16.6 Å². The van der Waals surface area contributed by atoms with Gasteiger partial charge in [0, 0.05) is 0 Å². The second-order valence-corrected chi connectivity index (χ2v) is 5.25. The number of thiophene rings is 1. The molecule has 1 nitrogen and oxygen atoms in total. The fourth-order valence-electron chi connectivity index (χ4n) is 1.23. The highest BCUT2D eigenvalue weighted by atomic mass is 32.2. The molecule has 1 atom stereocenters. The van der Waals surface area contributed by atoms with Crippen molar-refractivity contribution in [3.05, 3.63) is 52.5 Å². The minimum Gasteiger partial charge on any atom is -0.254 e. The first-order valence-corrected chi connectivity index (χ1v) is 6.67. The third-order valence-electron chi connectivity index (χ3n) is 1.96. The lowest BCUT2D eigenvalue weighted by molar-refractivity contribution is 0.595. The van der Waals surface area contributed by atoms with E-state index in [1.165, 1.54) is 6.07 Å². The van der Waals surface area contributed by atoms with Gasteiger partial charge in [0.05, 0.1) is 21.4 Å². The SMILES string of the molecule is O=S(Cc1ccsc1)c1ccccc1F. The predicted octanol–water partition coefficient (Wildman–Crippen LogP) is 3.20. The van der Waals surface area contributed by atoms with E-state index in [0.29, 0.717) is 5.75 Å². The number of benzene rings is 1. The monoisotopic (exact) mass is 240 g/mol. The molecule has 0 aliphatic rings. The molecule has 1 aromatic heterocycles. The van der Waals surface area contributed by atoms with Gasteiger partial charge in [-0.05, 0) is 34.5 Å². The van der Waals surface area contributed by atoms with Crippen molar-refractivity contribution >= 4 is 22.1 Å². The highest BCUT2D eigenvalue weighted by molar-refractivity contribution is 7.84.